The molecule has 4 nitrogen and oxygen atoms in total. The molecule has 0 aromatic carbocycles. The van der Waals surface area contributed by atoms with Crippen LogP contribution in [0.1, 0.15) is 40.0 Å². The van der Waals surface area contributed by atoms with Crippen LogP contribution >= 0.6 is 0 Å². The SMILES string of the molecule is CC1CCC(C)N1CC(=O)N1CCC(C)(CN)C1. The summed E-state index contributed by atoms with van der Waals surface area (Å²) in [7, 11) is 0. The fourth-order valence-corrected chi connectivity index (χ4v) is 3.22. The number of rotatable bonds is 3. The Morgan fingerprint density at radius 3 is 2.44 bits per heavy atom. The zero-order chi connectivity index (χ0) is 13.3. The largest absolute Gasteiger partial charge is 0.341 e. The highest BCUT2D eigenvalue weighted by molar-refractivity contribution is 5.78. The number of hydrogen-bond acceptors (Lipinski definition) is 3. The lowest BCUT2D eigenvalue weighted by molar-refractivity contribution is -0.132. The number of amides is 1. The van der Waals surface area contributed by atoms with E-state index in [1.165, 1.54) is 12.8 Å². The smallest absolute Gasteiger partial charge is 0.236 e. The molecule has 0 aliphatic carbocycles. The van der Waals surface area contributed by atoms with Crippen LogP contribution in [0.4, 0.5) is 0 Å². The molecule has 0 radical (unpaired) electrons. The summed E-state index contributed by atoms with van der Waals surface area (Å²) in [6.07, 6.45) is 3.48. The van der Waals surface area contributed by atoms with Gasteiger partial charge < -0.3 is 10.6 Å². The Bertz CT molecular complexity index is 310. The maximum atomic E-state index is 12.3. The monoisotopic (exact) mass is 253 g/mol. The molecule has 2 heterocycles. The predicted octanol–water partition coefficient (Wildman–Crippen LogP) is 1.06. The molecule has 2 aliphatic heterocycles. The number of likely N-dealkylation sites (tertiary alicyclic amines) is 2. The maximum absolute atomic E-state index is 12.3. The highest BCUT2D eigenvalue weighted by Crippen LogP contribution is 2.29. The lowest BCUT2D eigenvalue weighted by Gasteiger charge is -2.28. The first-order valence-corrected chi connectivity index (χ1v) is 7.19. The van der Waals surface area contributed by atoms with Crippen LogP contribution in [0.5, 0.6) is 0 Å². The molecular weight excluding hydrogens is 226 g/mol. The van der Waals surface area contributed by atoms with E-state index in [0.717, 1.165) is 19.5 Å². The third kappa shape index (κ3) is 2.69. The Morgan fingerprint density at radius 1 is 1.33 bits per heavy atom. The van der Waals surface area contributed by atoms with Crippen molar-refractivity contribution in [3.05, 3.63) is 0 Å². The van der Waals surface area contributed by atoms with Crippen molar-refractivity contribution in [2.45, 2.75) is 52.1 Å². The van der Waals surface area contributed by atoms with Gasteiger partial charge >= 0.3 is 0 Å². The van der Waals surface area contributed by atoms with Gasteiger partial charge in [-0.2, -0.15) is 0 Å². The van der Waals surface area contributed by atoms with Crippen LogP contribution in [0, 0.1) is 5.41 Å². The zero-order valence-corrected chi connectivity index (χ0v) is 12.0. The second-order valence-corrected chi connectivity index (χ2v) is 6.53. The first kappa shape index (κ1) is 13.8. The highest BCUT2D eigenvalue weighted by Gasteiger charge is 2.36. The summed E-state index contributed by atoms with van der Waals surface area (Å²) >= 11 is 0. The zero-order valence-electron chi connectivity index (χ0n) is 12.0. The van der Waals surface area contributed by atoms with E-state index < -0.39 is 0 Å². The molecule has 0 aromatic rings. The number of carbonyl (C=O) groups is 1. The van der Waals surface area contributed by atoms with Gasteiger partial charge in [0.15, 0.2) is 0 Å². The summed E-state index contributed by atoms with van der Waals surface area (Å²) in [5.41, 5.74) is 5.93. The minimum atomic E-state index is 0.137. The molecule has 3 unspecified atom stereocenters. The Balaban J connectivity index is 1.89. The van der Waals surface area contributed by atoms with Crippen LogP contribution in [-0.2, 0) is 4.79 Å². The van der Waals surface area contributed by atoms with Gasteiger partial charge in [-0.05, 0) is 45.1 Å². The number of nitrogens with zero attached hydrogens (tertiary/aromatic N) is 2. The van der Waals surface area contributed by atoms with Gasteiger partial charge in [-0.25, -0.2) is 0 Å². The van der Waals surface area contributed by atoms with E-state index in [1.54, 1.807) is 0 Å². The van der Waals surface area contributed by atoms with Gasteiger partial charge in [0.1, 0.15) is 0 Å². The molecule has 0 saturated carbocycles. The third-order valence-electron chi connectivity index (χ3n) is 4.86. The van der Waals surface area contributed by atoms with Gasteiger partial charge in [-0.1, -0.05) is 6.92 Å². The van der Waals surface area contributed by atoms with Crippen molar-refractivity contribution in [2.75, 3.05) is 26.2 Å². The molecule has 2 saturated heterocycles. The van der Waals surface area contributed by atoms with E-state index in [0.29, 0.717) is 25.2 Å². The summed E-state index contributed by atoms with van der Waals surface area (Å²) in [6, 6.07) is 1.10. The quantitative estimate of drug-likeness (QED) is 0.818. The summed E-state index contributed by atoms with van der Waals surface area (Å²) in [4.78, 5) is 16.7. The molecule has 3 atom stereocenters. The van der Waals surface area contributed by atoms with Gasteiger partial charge in [0.25, 0.3) is 0 Å². The van der Waals surface area contributed by atoms with E-state index in [-0.39, 0.29) is 11.3 Å². The van der Waals surface area contributed by atoms with Crippen molar-refractivity contribution < 1.29 is 4.79 Å². The second-order valence-electron chi connectivity index (χ2n) is 6.53. The lowest BCUT2D eigenvalue weighted by Crippen LogP contribution is -2.44. The fraction of sp³-hybridized carbons (Fsp3) is 0.929. The molecule has 0 aromatic heterocycles. The van der Waals surface area contributed by atoms with Crippen molar-refractivity contribution in [2.24, 2.45) is 11.1 Å². The molecule has 2 N–H and O–H groups in total. The first-order chi connectivity index (χ1) is 8.45. The summed E-state index contributed by atoms with van der Waals surface area (Å²) in [6.45, 7) is 9.61. The molecule has 104 valence electrons. The molecule has 2 aliphatic rings. The summed E-state index contributed by atoms with van der Waals surface area (Å²) in [5.74, 6) is 0.285. The average Bonchev–Trinajstić information content (AvgIpc) is 2.88. The van der Waals surface area contributed by atoms with Crippen molar-refractivity contribution in [1.29, 1.82) is 0 Å². The fourth-order valence-electron chi connectivity index (χ4n) is 3.22. The molecule has 2 rings (SSSR count). The van der Waals surface area contributed by atoms with Crippen LogP contribution in [0.25, 0.3) is 0 Å². The Morgan fingerprint density at radius 2 is 1.94 bits per heavy atom. The first-order valence-electron chi connectivity index (χ1n) is 7.19. The summed E-state index contributed by atoms with van der Waals surface area (Å²) in [5, 5.41) is 0. The van der Waals surface area contributed by atoms with Gasteiger partial charge in [0.05, 0.1) is 6.54 Å². The van der Waals surface area contributed by atoms with Gasteiger partial charge in [0, 0.05) is 25.2 Å². The standard InChI is InChI=1S/C14H27N3O/c1-11-4-5-12(2)17(11)8-13(18)16-7-6-14(3,9-15)10-16/h11-12H,4-10,15H2,1-3H3. The Kier molecular flexibility index (Phi) is 3.97. The lowest BCUT2D eigenvalue weighted by atomic mass is 9.90. The number of carbonyl (C=O) groups excluding carboxylic acids is 1. The normalized spacial score (nSPS) is 37.4. The van der Waals surface area contributed by atoms with E-state index in [2.05, 4.69) is 25.7 Å². The van der Waals surface area contributed by atoms with Gasteiger partial charge in [-0.3, -0.25) is 9.69 Å². The molecule has 18 heavy (non-hydrogen) atoms. The molecule has 0 spiro atoms. The minimum absolute atomic E-state index is 0.137. The van der Waals surface area contributed by atoms with E-state index >= 15 is 0 Å². The molecule has 2 fully saturated rings. The summed E-state index contributed by atoms with van der Waals surface area (Å²) < 4.78 is 0. The van der Waals surface area contributed by atoms with Gasteiger partial charge in [0.2, 0.25) is 5.91 Å². The topological polar surface area (TPSA) is 49.6 Å². The Hall–Kier alpha value is -0.610. The molecule has 1 amide bonds. The van der Waals surface area contributed by atoms with Crippen molar-refractivity contribution >= 4 is 5.91 Å². The molecule has 0 bridgehead atoms. The molecule has 4 heteroatoms. The van der Waals surface area contributed by atoms with E-state index in [1.807, 2.05) is 4.90 Å². The van der Waals surface area contributed by atoms with Crippen molar-refractivity contribution in [3.8, 4) is 0 Å². The number of hydrogen-bond donors (Lipinski definition) is 1. The second kappa shape index (κ2) is 5.17. The average molecular weight is 253 g/mol. The third-order valence-corrected chi connectivity index (χ3v) is 4.86. The highest BCUT2D eigenvalue weighted by atomic mass is 16.2. The van der Waals surface area contributed by atoms with Crippen LogP contribution in [0.15, 0.2) is 0 Å². The van der Waals surface area contributed by atoms with Crippen LogP contribution in [0.3, 0.4) is 0 Å². The van der Waals surface area contributed by atoms with Crippen LogP contribution in [0.2, 0.25) is 0 Å². The van der Waals surface area contributed by atoms with Crippen molar-refractivity contribution in [1.82, 2.24) is 9.80 Å². The van der Waals surface area contributed by atoms with Crippen molar-refractivity contribution in [3.63, 3.8) is 0 Å². The minimum Gasteiger partial charge on any atom is -0.341 e. The van der Waals surface area contributed by atoms with E-state index in [9.17, 15) is 4.79 Å². The maximum Gasteiger partial charge on any atom is 0.236 e. The van der Waals surface area contributed by atoms with Gasteiger partial charge in [-0.15, -0.1) is 0 Å². The van der Waals surface area contributed by atoms with Crippen LogP contribution in [-0.4, -0.2) is 54.0 Å². The number of nitrogens with two attached hydrogens (primary N) is 1. The Labute approximate surface area is 110 Å². The van der Waals surface area contributed by atoms with Crippen LogP contribution < -0.4 is 5.73 Å². The van der Waals surface area contributed by atoms with E-state index in [4.69, 9.17) is 5.73 Å². The molecular formula is C14H27N3O. The predicted molar refractivity (Wildman–Crippen MR) is 73.2 cm³/mol.